The van der Waals surface area contributed by atoms with Gasteiger partial charge in [0.15, 0.2) is 0 Å². The van der Waals surface area contributed by atoms with Gasteiger partial charge in [0.05, 0.1) is 0 Å². The predicted octanol–water partition coefficient (Wildman–Crippen LogP) is 2.86. The molecule has 1 aromatic carbocycles. The van der Waals surface area contributed by atoms with Gasteiger partial charge in [0.1, 0.15) is 10.7 Å². The van der Waals surface area contributed by atoms with Crippen LogP contribution in [0.5, 0.6) is 0 Å². The molecule has 2 aromatic rings. The molecule has 2 aliphatic heterocycles. The summed E-state index contributed by atoms with van der Waals surface area (Å²) in [5, 5.41) is 3.37. The smallest absolute Gasteiger partial charge is 0.244 e. The maximum absolute atomic E-state index is 12.9. The highest BCUT2D eigenvalue weighted by atomic mass is 32.2. The van der Waals surface area contributed by atoms with Gasteiger partial charge in [0, 0.05) is 52.0 Å². The summed E-state index contributed by atoms with van der Waals surface area (Å²) in [7, 11) is -1.48. The quantitative estimate of drug-likeness (QED) is 0.690. The maximum Gasteiger partial charge on any atom is 0.244 e. The lowest BCUT2D eigenvalue weighted by Gasteiger charge is -2.31. The fourth-order valence-electron chi connectivity index (χ4n) is 4.56. The van der Waals surface area contributed by atoms with Crippen LogP contribution in [0.15, 0.2) is 47.5 Å². The van der Waals surface area contributed by atoms with E-state index in [0.717, 1.165) is 38.6 Å². The molecule has 0 aliphatic carbocycles. The Balaban J connectivity index is 1.38. The fourth-order valence-corrected chi connectivity index (χ4v) is 5.92. The number of nitrogens with one attached hydrogen (secondary N) is 1. The van der Waals surface area contributed by atoms with E-state index in [2.05, 4.69) is 51.3 Å². The highest BCUT2D eigenvalue weighted by Crippen LogP contribution is 2.21. The van der Waals surface area contributed by atoms with E-state index in [1.807, 2.05) is 7.05 Å². The van der Waals surface area contributed by atoms with Gasteiger partial charge in [0.2, 0.25) is 10.0 Å². The van der Waals surface area contributed by atoms with Crippen molar-refractivity contribution in [1.82, 2.24) is 19.1 Å². The Morgan fingerprint density at radius 1 is 1.03 bits per heavy atom. The average molecular weight is 458 g/mol. The molecular weight excluding hydrogens is 422 g/mol. The molecule has 4 rings (SSSR count). The van der Waals surface area contributed by atoms with Gasteiger partial charge < -0.3 is 10.2 Å². The molecule has 8 heteroatoms. The van der Waals surface area contributed by atoms with Gasteiger partial charge in [0.25, 0.3) is 0 Å². The highest BCUT2D eigenvalue weighted by Gasteiger charge is 2.27. The molecule has 7 nitrogen and oxygen atoms in total. The molecule has 0 spiro atoms. The summed E-state index contributed by atoms with van der Waals surface area (Å²) in [5.41, 5.74) is 2.59. The number of likely N-dealkylation sites (N-methyl/N-ethyl adjacent to an activating group) is 1. The summed E-state index contributed by atoms with van der Waals surface area (Å²) in [5.74, 6) is 1.45. The summed E-state index contributed by atoms with van der Waals surface area (Å²) in [6.07, 6.45) is 4.07. The number of benzene rings is 1. The van der Waals surface area contributed by atoms with Gasteiger partial charge >= 0.3 is 0 Å². The summed E-state index contributed by atoms with van der Waals surface area (Å²) in [6.45, 7) is 8.83. The number of piperazine rings is 1. The molecule has 2 aliphatic rings. The second-order valence-corrected chi connectivity index (χ2v) is 11.1. The van der Waals surface area contributed by atoms with Crippen LogP contribution in [-0.2, 0) is 23.1 Å². The second kappa shape index (κ2) is 10.3. The number of hydrogen-bond donors (Lipinski definition) is 1. The monoisotopic (exact) mass is 457 g/mol. The molecule has 0 saturated carbocycles. The van der Waals surface area contributed by atoms with Crippen LogP contribution in [0.3, 0.4) is 0 Å². The first-order valence-corrected chi connectivity index (χ1v) is 13.0. The molecule has 0 amide bonds. The summed E-state index contributed by atoms with van der Waals surface area (Å²) in [6, 6.07) is 11.9. The molecular formula is C24H35N5O2S. The first kappa shape index (κ1) is 23.2. The lowest BCUT2D eigenvalue weighted by atomic mass is 9.99. The van der Waals surface area contributed by atoms with E-state index in [9.17, 15) is 8.42 Å². The van der Waals surface area contributed by atoms with Crippen molar-refractivity contribution in [3.05, 3.63) is 53.7 Å². The zero-order chi connectivity index (χ0) is 22.6. The number of likely N-dealkylation sites (tertiary alicyclic amines) is 1. The lowest BCUT2D eigenvalue weighted by molar-refractivity contribution is 0.176. The number of pyridine rings is 1. The van der Waals surface area contributed by atoms with E-state index in [-0.39, 0.29) is 4.90 Å². The third kappa shape index (κ3) is 5.67. The van der Waals surface area contributed by atoms with Crippen molar-refractivity contribution >= 4 is 15.8 Å². The Bertz CT molecular complexity index is 988. The second-order valence-electron chi connectivity index (χ2n) is 9.19. The molecule has 2 saturated heterocycles. The van der Waals surface area contributed by atoms with Crippen LogP contribution in [0, 0.1) is 5.92 Å². The first-order valence-electron chi connectivity index (χ1n) is 11.6. The highest BCUT2D eigenvalue weighted by molar-refractivity contribution is 7.89. The normalized spacial score (nSPS) is 21.5. The summed E-state index contributed by atoms with van der Waals surface area (Å²) < 4.78 is 27.3. The molecule has 0 bridgehead atoms. The molecule has 1 unspecified atom stereocenters. The van der Waals surface area contributed by atoms with Gasteiger partial charge in [-0.1, -0.05) is 31.2 Å². The third-order valence-corrected chi connectivity index (χ3v) is 8.43. The Morgan fingerprint density at radius 2 is 1.78 bits per heavy atom. The van der Waals surface area contributed by atoms with Crippen LogP contribution >= 0.6 is 0 Å². The predicted molar refractivity (Wildman–Crippen MR) is 128 cm³/mol. The molecule has 1 aromatic heterocycles. The number of anilines is 1. The van der Waals surface area contributed by atoms with E-state index in [0.29, 0.717) is 25.5 Å². The maximum atomic E-state index is 12.9. The minimum atomic E-state index is -3.49. The fraction of sp³-hybridized carbons (Fsp3) is 0.542. The van der Waals surface area contributed by atoms with E-state index >= 15 is 0 Å². The van der Waals surface area contributed by atoms with Crippen molar-refractivity contribution in [2.75, 3.05) is 51.6 Å². The van der Waals surface area contributed by atoms with Gasteiger partial charge in [-0.3, -0.25) is 4.90 Å². The van der Waals surface area contributed by atoms with Crippen LogP contribution in [0.25, 0.3) is 0 Å². The molecule has 2 fully saturated rings. The van der Waals surface area contributed by atoms with Crippen LogP contribution in [0.4, 0.5) is 5.82 Å². The lowest BCUT2D eigenvalue weighted by Crippen LogP contribution is -2.47. The van der Waals surface area contributed by atoms with E-state index in [1.165, 1.54) is 30.2 Å². The van der Waals surface area contributed by atoms with Gasteiger partial charge in [-0.15, -0.1) is 0 Å². The van der Waals surface area contributed by atoms with Gasteiger partial charge in [-0.25, -0.2) is 13.4 Å². The Kier molecular flexibility index (Phi) is 7.45. The standard InChI is InChI=1S/C24H35N5O2S/c1-20-6-5-11-28(18-20)19-22-8-4-3-7-21(22)16-25-24-10-9-23(17-26-24)32(30,31)29-14-12-27(2)13-15-29/h3-4,7-10,17,20H,5-6,11-16,18-19H2,1-2H3,(H,25,26). The molecule has 3 heterocycles. The molecule has 1 atom stereocenters. The van der Waals surface area contributed by atoms with Crippen LogP contribution < -0.4 is 5.32 Å². The summed E-state index contributed by atoms with van der Waals surface area (Å²) in [4.78, 5) is 9.33. The van der Waals surface area contributed by atoms with E-state index < -0.39 is 10.0 Å². The van der Waals surface area contributed by atoms with Crippen molar-refractivity contribution in [1.29, 1.82) is 0 Å². The molecule has 32 heavy (non-hydrogen) atoms. The zero-order valence-electron chi connectivity index (χ0n) is 19.2. The van der Waals surface area contributed by atoms with Gasteiger partial charge in [-0.2, -0.15) is 4.31 Å². The number of aromatic nitrogens is 1. The molecule has 174 valence electrons. The third-order valence-electron chi connectivity index (χ3n) is 6.55. The Labute approximate surface area is 192 Å². The van der Waals surface area contributed by atoms with Crippen LogP contribution in [0.1, 0.15) is 30.9 Å². The Hall–Kier alpha value is -2.00. The largest absolute Gasteiger partial charge is 0.366 e. The van der Waals surface area contributed by atoms with Crippen molar-refractivity contribution < 1.29 is 8.42 Å². The molecule has 1 N–H and O–H groups in total. The number of nitrogens with zero attached hydrogens (tertiary/aromatic N) is 4. The van der Waals surface area contributed by atoms with Crippen LogP contribution in [0.2, 0.25) is 0 Å². The first-order chi connectivity index (χ1) is 15.4. The van der Waals surface area contributed by atoms with Crippen molar-refractivity contribution in [2.45, 2.75) is 37.8 Å². The number of piperidine rings is 1. The number of sulfonamides is 1. The van der Waals surface area contributed by atoms with Gasteiger partial charge in [-0.05, 0) is 55.6 Å². The summed E-state index contributed by atoms with van der Waals surface area (Å²) >= 11 is 0. The number of hydrogen-bond acceptors (Lipinski definition) is 6. The zero-order valence-corrected chi connectivity index (χ0v) is 20.0. The minimum Gasteiger partial charge on any atom is -0.366 e. The van der Waals surface area contributed by atoms with Crippen LogP contribution in [-0.4, -0.2) is 73.8 Å². The topological polar surface area (TPSA) is 68.8 Å². The Morgan fingerprint density at radius 3 is 2.47 bits per heavy atom. The van der Waals surface area contributed by atoms with E-state index in [4.69, 9.17) is 0 Å². The van der Waals surface area contributed by atoms with E-state index in [1.54, 1.807) is 16.4 Å². The van der Waals surface area contributed by atoms with Crippen molar-refractivity contribution in [2.24, 2.45) is 5.92 Å². The van der Waals surface area contributed by atoms with Crippen molar-refractivity contribution in [3.8, 4) is 0 Å². The molecule has 0 radical (unpaired) electrons. The minimum absolute atomic E-state index is 0.257. The average Bonchev–Trinajstić information content (AvgIpc) is 2.79. The van der Waals surface area contributed by atoms with Crippen molar-refractivity contribution in [3.63, 3.8) is 0 Å². The SMILES string of the molecule is CC1CCCN(Cc2ccccc2CNc2ccc(S(=O)(=O)N3CCN(C)CC3)cn2)C1. The number of rotatable bonds is 7.